The third-order valence-electron chi connectivity index (χ3n) is 2.05. The highest BCUT2D eigenvalue weighted by atomic mass is 16.5. The maximum absolute atomic E-state index is 5.57. The highest BCUT2D eigenvalue weighted by molar-refractivity contribution is 5.26. The van der Waals surface area contributed by atoms with Gasteiger partial charge >= 0.3 is 0 Å². The Hall–Kier alpha value is -1.76. The molecule has 0 aliphatic heterocycles. The molecule has 0 aliphatic rings. The molecule has 17 heavy (non-hydrogen) atoms. The SMILES string of the molecule is C=C(C)/C=C\C(=C/C)OC(=C)/C=C\C(C)=C/C. The predicted octanol–water partition coefficient (Wildman–Crippen LogP) is 5.08. The molecule has 0 aromatic rings. The van der Waals surface area contributed by atoms with Gasteiger partial charge in [-0.2, -0.15) is 0 Å². The molecule has 0 atom stereocenters. The first-order chi connectivity index (χ1) is 7.99. The van der Waals surface area contributed by atoms with Crippen LogP contribution in [0, 0.1) is 0 Å². The van der Waals surface area contributed by atoms with Crippen molar-refractivity contribution in [3.63, 3.8) is 0 Å². The van der Waals surface area contributed by atoms with E-state index in [1.54, 1.807) is 0 Å². The quantitative estimate of drug-likeness (QED) is 0.457. The fourth-order valence-electron chi connectivity index (χ4n) is 0.920. The van der Waals surface area contributed by atoms with E-state index in [0.29, 0.717) is 5.76 Å². The van der Waals surface area contributed by atoms with Gasteiger partial charge in [0.1, 0.15) is 11.5 Å². The molecule has 0 N–H and O–H groups in total. The van der Waals surface area contributed by atoms with Crippen LogP contribution in [0.15, 0.2) is 72.3 Å². The van der Waals surface area contributed by atoms with E-state index in [0.717, 1.165) is 11.3 Å². The van der Waals surface area contributed by atoms with Crippen LogP contribution in [-0.4, -0.2) is 0 Å². The van der Waals surface area contributed by atoms with E-state index in [2.05, 4.69) is 13.2 Å². The maximum Gasteiger partial charge on any atom is 0.123 e. The minimum atomic E-state index is 0.616. The Morgan fingerprint density at radius 1 is 0.882 bits per heavy atom. The van der Waals surface area contributed by atoms with Gasteiger partial charge in [-0.05, 0) is 45.9 Å². The van der Waals surface area contributed by atoms with E-state index in [1.807, 2.05) is 64.2 Å². The van der Waals surface area contributed by atoms with E-state index >= 15 is 0 Å². The van der Waals surface area contributed by atoms with Crippen LogP contribution in [0.3, 0.4) is 0 Å². The van der Waals surface area contributed by atoms with Gasteiger partial charge in [0, 0.05) is 0 Å². The summed E-state index contributed by atoms with van der Waals surface area (Å²) < 4.78 is 5.57. The van der Waals surface area contributed by atoms with Gasteiger partial charge in [0.15, 0.2) is 0 Å². The molecule has 0 heterocycles. The van der Waals surface area contributed by atoms with Crippen LogP contribution in [0.1, 0.15) is 27.7 Å². The first-order valence-corrected chi connectivity index (χ1v) is 5.67. The third kappa shape index (κ3) is 8.09. The molecule has 0 aromatic carbocycles. The Kier molecular flexibility index (Phi) is 7.53. The fraction of sp³-hybridized carbons (Fsp3) is 0.250. The van der Waals surface area contributed by atoms with Crippen LogP contribution in [0.2, 0.25) is 0 Å². The average molecular weight is 230 g/mol. The molecule has 0 aromatic heterocycles. The molecule has 0 rings (SSSR count). The van der Waals surface area contributed by atoms with E-state index in [-0.39, 0.29) is 0 Å². The van der Waals surface area contributed by atoms with Crippen LogP contribution in [-0.2, 0) is 4.74 Å². The molecular formula is C16H22O. The molecule has 0 radical (unpaired) electrons. The summed E-state index contributed by atoms with van der Waals surface area (Å²) in [4.78, 5) is 0. The number of ether oxygens (including phenoxy) is 1. The highest BCUT2D eigenvalue weighted by Gasteiger charge is 1.93. The molecule has 0 saturated heterocycles. The summed E-state index contributed by atoms with van der Waals surface area (Å²) in [7, 11) is 0. The number of hydrogen-bond donors (Lipinski definition) is 0. The van der Waals surface area contributed by atoms with Crippen molar-refractivity contribution in [1.82, 2.24) is 0 Å². The van der Waals surface area contributed by atoms with Crippen LogP contribution < -0.4 is 0 Å². The molecule has 0 bridgehead atoms. The largest absolute Gasteiger partial charge is 0.458 e. The standard InChI is InChI=1S/C16H22O/c1-7-14(5)10-11-15(6)17-16(8-2)12-9-13(3)4/h7-12H,3,6H2,1-2,4-5H3/b11-10-,12-9-,14-7-,16-8+. The molecule has 0 fully saturated rings. The average Bonchev–Trinajstić information content (AvgIpc) is 2.30. The summed E-state index contributed by atoms with van der Waals surface area (Å²) in [6, 6.07) is 0. The van der Waals surface area contributed by atoms with Crippen molar-refractivity contribution in [1.29, 1.82) is 0 Å². The van der Waals surface area contributed by atoms with Gasteiger partial charge in [-0.3, -0.25) is 0 Å². The van der Waals surface area contributed by atoms with Crippen LogP contribution in [0.5, 0.6) is 0 Å². The molecule has 0 unspecified atom stereocenters. The number of hydrogen-bond acceptors (Lipinski definition) is 1. The van der Waals surface area contributed by atoms with E-state index in [1.165, 1.54) is 5.57 Å². The van der Waals surface area contributed by atoms with E-state index < -0.39 is 0 Å². The predicted molar refractivity (Wildman–Crippen MR) is 76.5 cm³/mol. The van der Waals surface area contributed by atoms with Crippen molar-refractivity contribution in [3.05, 3.63) is 72.3 Å². The highest BCUT2D eigenvalue weighted by Crippen LogP contribution is 2.09. The lowest BCUT2D eigenvalue weighted by Gasteiger charge is -2.05. The van der Waals surface area contributed by atoms with Crippen molar-refractivity contribution < 1.29 is 4.74 Å². The molecule has 0 aliphatic carbocycles. The van der Waals surface area contributed by atoms with Gasteiger partial charge in [0.25, 0.3) is 0 Å². The van der Waals surface area contributed by atoms with Crippen molar-refractivity contribution >= 4 is 0 Å². The summed E-state index contributed by atoms with van der Waals surface area (Å²) in [5, 5.41) is 0. The van der Waals surface area contributed by atoms with Gasteiger partial charge in [-0.1, -0.05) is 42.5 Å². The summed E-state index contributed by atoms with van der Waals surface area (Å²) in [6.07, 6.45) is 11.5. The lowest BCUT2D eigenvalue weighted by molar-refractivity contribution is 0.337. The van der Waals surface area contributed by atoms with Gasteiger partial charge in [-0.15, -0.1) is 0 Å². The molecule has 0 amide bonds. The van der Waals surface area contributed by atoms with Gasteiger partial charge in [0.05, 0.1) is 0 Å². The zero-order valence-electron chi connectivity index (χ0n) is 11.3. The Morgan fingerprint density at radius 3 is 2.00 bits per heavy atom. The van der Waals surface area contributed by atoms with Crippen LogP contribution in [0.25, 0.3) is 0 Å². The number of allylic oxidation sites excluding steroid dienone is 8. The lowest BCUT2D eigenvalue weighted by atomic mass is 10.2. The Labute approximate surface area is 105 Å². The summed E-state index contributed by atoms with van der Waals surface area (Å²) in [6.45, 7) is 15.5. The normalized spacial score (nSPS) is 13.4. The Morgan fingerprint density at radius 2 is 1.53 bits per heavy atom. The third-order valence-corrected chi connectivity index (χ3v) is 2.05. The van der Waals surface area contributed by atoms with Crippen molar-refractivity contribution in [2.24, 2.45) is 0 Å². The summed E-state index contributed by atoms with van der Waals surface area (Å²) >= 11 is 0. The molecule has 1 heteroatoms. The fourth-order valence-corrected chi connectivity index (χ4v) is 0.920. The Balaban J connectivity index is 4.46. The topological polar surface area (TPSA) is 9.23 Å². The van der Waals surface area contributed by atoms with Crippen LogP contribution >= 0.6 is 0 Å². The molecule has 0 saturated carbocycles. The van der Waals surface area contributed by atoms with Crippen molar-refractivity contribution in [2.45, 2.75) is 27.7 Å². The smallest absolute Gasteiger partial charge is 0.123 e. The first-order valence-electron chi connectivity index (χ1n) is 5.67. The zero-order valence-corrected chi connectivity index (χ0v) is 11.3. The maximum atomic E-state index is 5.57. The van der Waals surface area contributed by atoms with E-state index in [4.69, 9.17) is 4.74 Å². The van der Waals surface area contributed by atoms with Crippen LogP contribution in [0.4, 0.5) is 0 Å². The van der Waals surface area contributed by atoms with E-state index in [9.17, 15) is 0 Å². The molecule has 0 spiro atoms. The van der Waals surface area contributed by atoms with Gasteiger partial charge < -0.3 is 4.74 Å². The number of rotatable bonds is 6. The second-order valence-corrected chi connectivity index (χ2v) is 3.81. The van der Waals surface area contributed by atoms with Crippen molar-refractivity contribution in [2.75, 3.05) is 0 Å². The second kappa shape index (κ2) is 8.40. The van der Waals surface area contributed by atoms with Gasteiger partial charge in [0.2, 0.25) is 0 Å². The minimum absolute atomic E-state index is 0.616. The molecule has 1 nitrogen and oxygen atoms in total. The molecular weight excluding hydrogens is 208 g/mol. The Bertz CT molecular complexity index is 390. The zero-order chi connectivity index (χ0) is 13.3. The lowest BCUT2D eigenvalue weighted by Crippen LogP contribution is -1.87. The summed E-state index contributed by atoms with van der Waals surface area (Å²) in [5.41, 5.74) is 2.16. The molecule has 92 valence electrons. The first kappa shape index (κ1) is 15.2. The minimum Gasteiger partial charge on any atom is -0.458 e. The second-order valence-electron chi connectivity index (χ2n) is 3.81. The summed E-state index contributed by atoms with van der Waals surface area (Å²) in [5.74, 6) is 1.38. The van der Waals surface area contributed by atoms with Crippen molar-refractivity contribution in [3.8, 4) is 0 Å². The van der Waals surface area contributed by atoms with Gasteiger partial charge in [-0.25, -0.2) is 0 Å². The monoisotopic (exact) mass is 230 g/mol.